The molecule has 0 aromatic carbocycles. The van der Waals surface area contributed by atoms with E-state index in [-0.39, 0.29) is 18.9 Å². The van der Waals surface area contributed by atoms with Crippen LogP contribution in [0, 0.1) is 5.41 Å². The Morgan fingerprint density at radius 3 is 2.33 bits per heavy atom. The topological polar surface area (TPSA) is 20.3 Å². The fraction of sp³-hybridized carbons (Fsp3) is 0.727. The van der Waals surface area contributed by atoms with Crippen molar-refractivity contribution in [1.29, 1.82) is 0 Å². The lowest BCUT2D eigenvalue weighted by Gasteiger charge is -2.37. The van der Waals surface area contributed by atoms with E-state index in [1.54, 1.807) is 11.0 Å². The number of ketones is 1. The van der Waals surface area contributed by atoms with Crippen LogP contribution in [0.3, 0.4) is 0 Å². The second-order valence-corrected chi connectivity index (χ2v) is 5.04. The van der Waals surface area contributed by atoms with E-state index in [2.05, 4.69) is 0 Å². The molecule has 0 bridgehead atoms. The van der Waals surface area contributed by atoms with Crippen LogP contribution in [0.25, 0.3) is 0 Å². The maximum Gasteiger partial charge on any atom is 0.272 e. The molecule has 0 atom stereocenters. The van der Waals surface area contributed by atoms with Gasteiger partial charge in [0, 0.05) is 12.0 Å². The van der Waals surface area contributed by atoms with Gasteiger partial charge in [0.15, 0.2) is 5.78 Å². The van der Waals surface area contributed by atoms with Crippen molar-refractivity contribution in [3.8, 4) is 0 Å². The van der Waals surface area contributed by atoms with Crippen molar-refractivity contribution < 1.29 is 13.6 Å². The van der Waals surface area contributed by atoms with Gasteiger partial charge >= 0.3 is 0 Å². The monoisotopic (exact) mass is 217 g/mol. The second kappa shape index (κ2) is 4.00. The van der Waals surface area contributed by atoms with Crippen LogP contribution in [0.15, 0.2) is 12.2 Å². The SMILES string of the molecule is CC(C)(C)C(=O)/C=C/CN1CC(F)(F)C1. The van der Waals surface area contributed by atoms with E-state index < -0.39 is 11.3 Å². The number of allylic oxidation sites excluding steroid dienone is 1. The number of hydrogen-bond acceptors (Lipinski definition) is 2. The van der Waals surface area contributed by atoms with Crippen LogP contribution >= 0.6 is 0 Å². The zero-order chi connectivity index (χ0) is 11.7. The van der Waals surface area contributed by atoms with Crippen molar-refractivity contribution >= 4 is 5.78 Å². The van der Waals surface area contributed by atoms with Crippen molar-refractivity contribution in [3.63, 3.8) is 0 Å². The standard InChI is InChI=1S/C11H17F2NO/c1-10(2,3)9(15)5-4-6-14-7-11(12,13)8-14/h4-5H,6-8H2,1-3H3/b5-4+. The molecule has 86 valence electrons. The Morgan fingerprint density at radius 1 is 1.40 bits per heavy atom. The molecule has 0 saturated carbocycles. The number of carbonyl (C=O) groups is 1. The molecule has 0 spiro atoms. The molecule has 15 heavy (non-hydrogen) atoms. The number of nitrogens with zero attached hydrogens (tertiary/aromatic N) is 1. The van der Waals surface area contributed by atoms with Crippen LogP contribution < -0.4 is 0 Å². The highest BCUT2D eigenvalue weighted by Gasteiger charge is 2.42. The van der Waals surface area contributed by atoms with Crippen molar-refractivity contribution in [3.05, 3.63) is 12.2 Å². The Labute approximate surface area is 88.9 Å². The minimum Gasteiger partial charge on any atom is -0.294 e. The van der Waals surface area contributed by atoms with E-state index >= 15 is 0 Å². The summed E-state index contributed by atoms with van der Waals surface area (Å²) in [6.45, 7) is 5.53. The minimum absolute atomic E-state index is 0.0229. The van der Waals surface area contributed by atoms with Gasteiger partial charge in [-0.15, -0.1) is 0 Å². The summed E-state index contributed by atoms with van der Waals surface area (Å²) >= 11 is 0. The summed E-state index contributed by atoms with van der Waals surface area (Å²) < 4.78 is 24.9. The number of carbonyl (C=O) groups excluding carboxylic acids is 1. The summed E-state index contributed by atoms with van der Waals surface area (Å²) in [6.07, 6.45) is 3.14. The van der Waals surface area contributed by atoms with E-state index in [1.165, 1.54) is 6.08 Å². The second-order valence-electron chi connectivity index (χ2n) is 5.04. The van der Waals surface area contributed by atoms with Crippen molar-refractivity contribution in [2.45, 2.75) is 26.7 Å². The Bertz CT molecular complexity index is 271. The Morgan fingerprint density at radius 2 is 1.93 bits per heavy atom. The third-order valence-electron chi connectivity index (χ3n) is 2.28. The zero-order valence-corrected chi connectivity index (χ0v) is 9.39. The van der Waals surface area contributed by atoms with Crippen molar-refractivity contribution in [2.24, 2.45) is 5.41 Å². The van der Waals surface area contributed by atoms with E-state index in [4.69, 9.17) is 0 Å². The summed E-state index contributed by atoms with van der Waals surface area (Å²) in [5, 5.41) is 0. The lowest BCUT2D eigenvalue weighted by Crippen LogP contribution is -2.55. The highest BCUT2D eigenvalue weighted by Crippen LogP contribution is 2.26. The molecular weight excluding hydrogens is 200 g/mol. The summed E-state index contributed by atoms with van der Waals surface area (Å²) in [5.74, 6) is -2.50. The molecule has 1 aliphatic heterocycles. The third-order valence-corrected chi connectivity index (χ3v) is 2.28. The predicted molar refractivity (Wildman–Crippen MR) is 55.0 cm³/mol. The van der Waals surface area contributed by atoms with Gasteiger partial charge in [-0.25, -0.2) is 8.78 Å². The summed E-state index contributed by atoms with van der Waals surface area (Å²) in [7, 11) is 0. The van der Waals surface area contributed by atoms with E-state index in [0.29, 0.717) is 6.54 Å². The molecule has 0 aromatic rings. The fourth-order valence-electron chi connectivity index (χ4n) is 1.30. The molecule has 0 amide bonds. The molecule has 1 aliphatic rings. The summed E-state index contributed by atoms with van der Waals surface area (Å²) in [6, 6.07) is 0. The first-order valence-electron chi connectivity index (χ1n) is 5.02. The van der Waals surface area contributed by atoms with E-state index in [0.717, 1.165) is 0 Å². The smallest absolute Gasteiger partial charge is 0.272 e. The normalized spacial score (nSPS) is 21.7. The molecule has 1 heterocycles. The van der Waals surface area contributed by atoms with Crippen molar-refractivity contribution in [1.82, 2.24) is 4.90 Å². The summed E-state index contributed by atoms with van der Waals surface area (Å²) in [4.78, 5) is 13.0. The Kier molecular flexibility index (Phi) is 3.28. The molecule has 4 heteroatoms. The maximum atomic E-state index is 12.4. The van der Waals surface area contributed by atoms with Crippen LogP contribution in [0.1, 0.15) is 20.8 Å². The molecule has 0 radical (unpaired) electrons. The molecule has 1 rings (SSSR count). The Hall–Kier alpha value is -0.770. The maximum absolute atomic E-state index is 12.4. The molecule has 2 nitrogen and oxygen atoms in total. The van der Waals surface area contributed by atoms with Gasteiger partial charge in [0.1, 0.15) is 0 Å². The van der Waals surface area contributed by atoms with Gasteiger partial charge in [0.25, 0.3) is 5.92 Å². The van der Waals surface area contributed by atoms with Gasteiger partial charge in [-0.05, 0) is 6.08 Å². The number of rotatable bonds is 3. The number of halogens is 2. The van der Waals surface area contributed by atoms with Gasteiger partial charge in [-0.1, -0.05) is 26.8 Å². The highest BCUT2D eigenvalue weighted by atomic mass is 19.3. The zero-order valence-electron chi connectivity index (χ0n) is 9.39. The van der Waals surface area contributed by atoms with Gasteiger partial charge in [-0.3, -0.25) is 9.69 Å². The predicted octanol–water partition coefficient (Wildman–Crippen LogP) is 2.11. The van der Waals surface area contributed by atoms with Gasteiger partial charge in [0.2, 0.25) is 0 Å². The largest absolute Gasteiger partial charge is 0.294 e. The molecule has 0 N–H and O–H groups in total. The molecular formula is C11H17F2NO. The van der Waals surface area contributed by atoms with Gasteiger partial charge < -0.3 is 0 Å². The summed E-state index contributed by atoms with van der Waals surface area (Å²) in [5.41, 5.74) is -0.393. The lowest BCUT2D eigenvalue weighted by molar-refractivity contribution is -0.126. The fourth-order valence-corrected chi connectivity index (χ4v) is 1.30. The number of likely N-dealkylation sites (tertiary alicyclic amines) is 1. The van der Waals surface area contributed by atoms with Crippen LogP contribution in [0.4, 0.5) is 8.78 Å². The Balaban J connectivity index is 2.27. The van der Waals surface area contributed by atoms with E-state index in [9.17, 15) is 13.6 Å². The van der Waals surface area contributed by atoms with Crippen LogP contribution in [-0.2, 0) is 4.79 Å². The average molecular weight is 217 g/mol. The van der Waals surface area contributed by atoms with E-state index in [1.807, 2.05) is 20.8 Å². The van der Waals surface area contributed by atoms with Gasteiger partial charge in [0.05, 0.1) is 13.1 Å². The third kappa shape index (κ3) is 3.70. The minimum atomic E-state index is -2.53. The quantitative estimate of drug-likeness (QED) is 0.675. The van der Waals surface area contributed by atoms with Gasteiger partial charge in [-0.2, -0.15) is 0 Å². The average Bonchev–Trinajstić information content (AvgIpc) is 1.98. The molecule has 0 aliphatic carbocycles. The van der Waals surface area contributed by atoms with Crippen LogP contribution in [-0.4, -0.2) is 36.2 Å². The molecule has 1 fully saturated rings. The molecule has 0 unspecified atom stereocenters. The first kappa shape index (κ1) is 12.3. The first-order valence-corrected chi connectivity index (χ1v) is 5.02. The van der Waals surface area contributed by atoms with Crippen LogP contribution in [0.2, 0.25) is 0 Å². The molecule has 1 saturated heterocycles. The lowest BCUT2D eigenvalue weighted by atomic mass is 9.90. The van der Waals surface area contributed by atoms with Crippen LogP contribution in [0.5, 0.6) is 0 Å². The number of hydrogen-bond donors (Lipinski definition) is 0. The molecule has 0 aromatic heterocycles. The van der Waals surface area contributed by atoms with Crippen molar-refractivity contribution in [2.75, 3.05) is 19.6 Å². The first-order chi connectivity index (χ1) is 6.71. The highest BCUT2D eigenvalue weighted by molar-refractivity contribution is 5.93. The number of alkyl halides is 2.